The van der Waals surface area contributed by atoms with Crippen molar-refractivity contribution >= 4 is 29.2 Å². The topological polar surface area (TPSA) is 82.0 Å². The van der Waals surface area contributed by atoms with Crippen LogP contribution in [0.25, 0.3) is 6.08 Å². The third-order valence-corrected chi connectivity index (χ3v) is 1.46. The van der Waals surface area contributed by atoms with E-state index in [9.17, 15) is 10.1 Å². The minimum Gasteiger partial charge on any atom is -0.396 e. The lowest BCUT2D eigenvalue weighted by atomic mass is 10.2. The Morgan fingerprint density at radius 3 is 2.92 bits per heavy atom. The Kier molecular flexibility index (Phi) is 2.81. The van der Waals surface area contributed by atoms with Crippen LogP contribution in [0, 0.1) is 10.1 Å². The fraction of sp³-hybridized carbons (Fsp3) is 0. The third kappa shape index (κ3) is 2.16. The van der Waals surface area contributed by atoms with Crippen LogP contribution in [0.1, 0.15) is 5.56 Å². The average molecular weight is 200 g/mol. The monoisotopic (exact) mass is 199 g/mol. The summed E-state index contributed by atoms with van der Waals surface area (Å²) in [7, 11) is 0. The summed E-state index contributed by atoms with van der Waals surface area (Å²) in [5.41, 5.74) is 7.21. The van der Waals surface area contributed by atoms with Gasteiger partial charge in [-0.1, -0.05) is 11.6 Å². The first-order valence-corrected chi connectivity index (χ1v) is 3.75. The van der Waals surface area contributed by atoms with Crippen molar-refractivity contribution in [3.8, 4) is 0 Å². The number of hydrogen-bond donors (Lipinski definition) is 1. The van der Waals surface area contributed by atoms with Crippen LogP contribution in [-0.4, -0.2) is 9.91 Å². The Balaban J connectivity index is 3.26. The van der Waals surface area contributed by atoms with E-state index in [0.29, 0.717) is 11.3 Å². The summed E-state index contributed by atoms with van der Waals surface area (Å²) in [6.45, 7) is 0. The molecule has 0 aliphatic heterocycles. The van der Waals surface area contributed by atoms with Crippen LogP contribution in [0.4, 0.5) is 11.5 Å². The van der Waals surface area contributed by atoms with Crippen molar-refractivity contribution in [1.29, 1.82) is 0 Å². The smallest absolute Gasteiger partial charge is 0.370 e. The van der Waals surface area contributed by atoms with E-state index in [1.165, 1.54) is 23.9 Å². The van der Waals surface area contributed by atoms with Gasteiger partial charge in [-0.15, -0.1) is 0 Å². The minimum atomic E-state index is -0.592. The molecule has 1 aromatic rings. The van der Waals surface area contributed by atoms with Gasteiger partial charge in [0.25, 0.3) is 0 Å². The first-order valence-electron chi connectivity index (χ1n) is 3.32. The molecule has 1 aromatic heterocycles. The molecule has 0 radical (unpaired) electrons. The molecule has 0 saturated heterocycles. The normalized spacial score (nSPS) is 10.5. The predicted octanol–water partition coefficient (Wildman–Crippen LogP) is 1.78. The highest BCUT2D eigenvalue weighted by Crippen LogP contribution is 2.19. The summed E-state index contributed by atoms with van der Waals surface area (Å²) in [6.07, 6.45) is 2.59. The molecule has 6 heteroatoms. The van der Waals surface area contributed by atoms with Crippen molar-refractivity contribution in [2.75, 3.05) is 5.73 Å². The Hall–Kier alpha value is -1.62. The van der Waals surface area contributed by atoms with Gasteiger partial charge in [-0.3, -0.25) is 0 Å². The summed E-state index contributed by atoms with van der Waals surface area (Å²) in [5, 5.41) is 10.4. The van der Waals surface area contributed by atoms with E-state index >= 15 is 0 Å². The van der Waals surface area contributed by atoms with Gasteiger partial charge < -0.3 is 15.8 Å². The van der Waals surface area contributed by atoms with Gasteiger partial charge in [0.2, 0.25) is 0 Å². The largest absolute Gasteiger partial charge is 0.396 e. The van der Waals surface area contributed by atoms with Crippen molar-refractivity contribution in [3.63, 3.8) is 0 Å². The highest BCUT2D eigenvalue weighted by Gasteiger charge is 2.12. The van der Waals surface area contributed by atoms with E-state index in [-0.39, 0.29) is 5.82 Å². The fourth-order valence-electron chi connectivity index (χ4n) is 0.835. The molecular formula is C7H6ClN3O2. The second-order valence-corrected chi connectivity index (χ2v) is 2.48. The van der Waals surface area contributed by atoms with Crippen LogP contribution in [0.15, 0.2) is 17.8 Å². The van der Waals surface area contributed by atoms with E-state index in [1.54, 1.807) is 0 Å². The van der Waals surface area contributed by atoms with Crippen molar-refractivity contribution < 1.29 is 4.92 Å². The first kappa shape index (κ1) is 9.47. The van der Waals surface area contributed by atoms with Gasteiger partial charge in [0, 0.05) is 5.54 Å². The molecule has 0 aromatic carbocycles. The van der Waals surface area contributed by atoms with Crippen LogP contribution < -0.4 is 5.73 Å². The van der Waals surface area contributed by atoms with Crippen molar-refractivity contribution in [2.24, 2.45) is 0 Å². The number of anilines is 1. The van der Waals surface area contributed by atoms with Crippen LogP contribution in [-0.2, 0) is 0 Å². The van der Waals surface area contributed by atoms with E-state index < -0.39 is 4.92 Å². The number of aromatic nitrogens is 1. The summed E-state index contributed by atoms with van der Waals surface area (Å²) in [4.78, 5) is 13.4. The molecule has 68 valence electrons. The number of nitro groups is 1. The third-order valence-electron chi connectivity index (χ3n) is 1.33. The van der Waals surface area contributed by atoms with Gasteiger partial charge in [0.15, 0.2) is 6.20 Å². The quantitative estimate of drug-likeness (QED) is 0.581. The number of nitrogens with two attached hydrogens (primary N) is 1. The zero-order valence-corrected chi connectivity index (χ0v) is 7.23. The van der Waals surface area contributed by atoms with Crippen molar-refractivity contribution in [1.82, 2.24) is 4.98 Å². The average Bonchev–Trinajstić information content (AvgIpc) is 2.04. The lowest BCUT2D eigenvalue weighted by Crippen LogP contribution is -1.97. The summed E-state index contributed by atoms with van der Waals surface area (Å²) >= 11 is 5.29. The van der Waals surface area contributed by atoms with Gasteiger partial charge in [0.1, 0.15) is 0 Å². The zero-order valence-electron chi connectivity index (χ0n) is 6.48. The Morgan fingerprint density at radius 1 is 1.69 bits per heavy atom. The molecule has 0 atom stereocenters. The molecule has 1 heterocycles. The molecule has 0 bridgehead atoms. The molecular weight excluding hydrogens is 194 g/mol. The van der Waals surface area contributed by atoms with Crippen LogP contribution in [0.2, 0.25) is 0 Å². The molecule has 2 N–H and O–H groups in total. The Bertz CT molecular complexity index is 365. The van der Waals surface area contributed by atoms with Crippen LogP contribution >= 0.6 is 11.6 Å². The maximum absolute atomic E-state index is 10.4. The lowest BCUT2D eigenvalue weighted by Gasteiger charge is -1.96. The maximum Gasteiger partial charge on any atom is 0.370 e. The number of nitrogens with zero attached hydrogens (tertiary/aromatic N) is 2. The molecule has 0 saturated carbocycles. The van der Waals surface area contributed by atoms with Gasteiger partial charge in [0.05, 0.1) is 11.3 Å². The van der Waals surface area contributed by atoms with Gasteiger partial charge in [-0.2, -0.15) is 0 Å². The highest BCUT2D eigenvalue weighted by molar-refractivity contribution is 6.27. The molecule has 0 aliphatic carbocycles. The Labute approximate surface area is 79.0 Å². The first-order chi connectivity index (χ1) is 6.15. The van der Waals surface area contributed by atoms with Crippen molar-refractivity contribution in [2.45, 2.75) is 0 Å². The van der Waals surface area contributed by atoms with E-state index in [1.807, 2.05) is 0 Å². The minimum absolute atomic E-state index is 0.258. The maximum atomic E-state index is 10.4. The molecule has 13 heavy (non-hydrogen) atoms. The van der Waals surface area contributed by atoms with E-state index in [4.69, 9.17) is 17.3 Å². The molecule has 5 nitrogen and oxygen atoms in total. The molecule has 0 fully saturated rings. The SMILES string of the molecule is Nc1cnc([N+](=O)[O-])c(/C=C/Cl)c1. The molecule has 1 rings (SSSR count). The molecule has 0 spiro atoms. The summed E-state index contributed by atoms with van der Waals surface area (Å²) in [6, 6.07) is 1.43. The van der Waals surface area contributed by atoms with Gasteiger partial charge >= 0.3 is 5.82 Å². The van der Waals surface area contributed by atoms with Crippen LogP contribution in [0.5, 0.6) is 0 Å². The number of halogens is 1. The molecule has 0 amide bonds. The Morgan fingerprint density at radius 2 is 2.38 bits per heavy atom. The predicted molar refractivity (Wildman–Crippen MR) is 50.2 cm³/mol. The van der Waals surface area contributed by atoms with E-state index in [2.05, 4.69) is 4.98 Å². The number of pyridine rings is 1. The van der Waals surface area contributed by atoms with Gasteiger partial charge in [-0.25, -0.2) is 0 Å². The van der Waals surface area contributed by atoms with Crippen molar-refractivity contribution in [3.05, 3.63) is 33.5 Å². The number of nitrogen functional groups attached to an aromatic ring is 1. The second kappa shape index (κ2) is 3.86. The summed E-state index contributed by atoms with van der Waals surface area (Å²) < 4.78 is 0. The fourth-order valence-corrected chi connectivity index (χ4v) is 0.970. The summed E-state index contributed by atoms with van der Waals surface area (Å²) in [5.74, 6) is -0.258. The number of hydrogen-bond acceptors (Lipinski definition) is 4. The van der Waals surface area contributed by atoms with E-state index in [0.717, 1.165) is 0 Å². The lowest BCUT2D eigenvalue weighted by molar-refractivity contribution is -0.389. The standard InChI is InChI=1S/C7H6ClN3O2/c8-2-1-5-3-6(9)4-10-7(5)11(12)13/h1-4H,9H2/b2-1+. The second-order valence-electron chi connectivity index (χ2n) is 2.23. The molecule has 0 unspecified atom stereocenters. The van der Waals surface area contributed by atoms with Crippen LogP contribution in [0.3, 0.4) is 0 Å². The molecule has 0 aliphatic rings. The highest BCUT2D eigenvalue weighted by atomic mass is 35.5. The zero-order chi connectivity index (χ0) is 9.84. The van der Waals surface area contributed by atoms with Gasteiger partial charge in [-0.05, 0) is 22.0 Å². The number of rotatable bonds is 2.